The molecule has 140 valence electrons. The van der Waals surface area contributed by atoms with Crippen molar-refractivity contribution in [2.45, 2.75) is 30.5 Å². The van der Waals surface area contributed by atoms with Crippen molar-refractivity contribution in [1.82, 2.24) is 9.62 Å². The van der Waals surface area contributed by atoms with E-state index in [0.717, 1.165) is 5.56 Å². The van der Waals surface area contributed by atoms with Crippen molar-refractivity contribution >= 4 is 27.3 Å². The van der Waals surface area contributed by atoms with Crippen molar-refractivity contribution in [3.05, 3.63) is 53.2 Å². The van der Waals surface area contributed by atoms with E-state index in [1.165, 1.54) is 27.8 Å². The number of benzene rings is 1. The number of amides is 1. The Labute approximate surface area is 156 Å². The summed E-state index contributed by atoms with van der Waals surface area (Å²) in [5, 5.41) is 4.58. The van der Waals surface area contributed by atoms with E-state index in [-0.39, 0.29) is 24.8 Å². The molecule has 1 aliphatic rings. The van der Waals surface area contributed by atoms with Crippen LogP contribution in [0, 0.1) is 11.2 Å². The first-order chi connectivity index (χ1) is 12.3. The minimum atomic E-state index is -3.56. The van der Waals surface area contributed by atoms with Gasteiger partial charge in [0.05, 0.1) is 5.41 Å². The molecule has 8 heteroatoms. The van der Waals surface area contributed by atoms with E-state index >= 15 is 0 Å². The molecule has 1 atom stereocenters. The predicted molar refractivity (Wildman–Crippen MR) is 98.7 cm³/mol. The topological polar surface area (TPSA) is 66.5 Å². The van der Waals surface area contributed by atoms with Crippen LogP contribution in [0.5, 0.6) is 0 Å². The molecule has 1 aliphatic heterocycles. The first kappa shape index (κ1) is 19.0. The predicted octanol–water partition coefficient (Wildman–Crippen LogP) is 2.99. The molecular weight excluding hydrogens is 375 g/mol. The Hall–Kier alpha value is -1.77. The van der Waals surface area contributed by atoms with Gasteiger partial charge in [0.1, 0.15) is 10.0 Å². The Morgan fingerprint density at radius 1 is 1.31 bits per heavy atom. The Morgan fingerprint density at radius 3 is 2.69 bits per heavy atom. The SMILES string of the molecule is C[C@@]1(C(=O)NCc2ccc(F)cc2)CCCN(S(=O)(=O)c2cccs2)C1. The largest absolute Gasteiger partial charge is 0.352 e. The van der Waals surface area contributed by atoms with Crippen LogP contribution in [0.15, 0.2) is 46.0 Å². The third-order valence-electron chi connectivity index (χ3n) is 4.67. The lowest BCUT2D eigenvalue weighted by Crippen LogP contribution is -2.51. The van der Waals surface area contributed by atoms with Crippen molar-refractivity contribution in [2.75, 3.05) is 13.1 Å². The van der Waals surface area contributed by atoms with Crippen LogP contribution in [-0.4, -0.2) is 31.7 Å². The number of thiophene rings is 1. The average molecular weight is 397 g/mol. The molecule has 0 bridgehead atoms. The van der Waals surface area contributed by atoms with Gasteiger partial charge in [0.2, 0.25) is 5.91 Å². The molecule has 26 heavy (non-hydrogen) atoms. The average Bonchev–Trinajstić information content (AvgIpc) is 3.16. The van der Waals surface area contributed by atoms with Crippen molar-refractivity contribution in [2.24, 2.45) is 5.41 Å². The smallest absolute Gasteiger partial charge is 0.252 e. The van der Waals surface area contributed by atoms with Gasteiger partial charge in [-0.25, -0.2) is 12.8 Å². The second-order valence-corrected chi connectivity index (χ2v) is 9.86. The molecule has 1 fully saturated rings. The molecule has 2 aromatic rings. The lowest BCUT2D eigenvalue weighted by molar-refractivity contribution is -0.132. The van der Waals surface area contributed by atoms with E-state index in [9.17, 15) is 17.6 Å². The van der Waals surface area contributed by atoms with Gasteiger partial charge in [-0.3, -0.25) is 4.79 Å². The van der Waals surface area contributed by atoms with Gasteiger partial charge in [-0.2, -0.15) is 4.31 Å². The minimum absolute atomic E-state index is 0.155. The zero-order valence-electron chi connectivity index (χ0n) is 14.4. The monoisotopic (exact) mass is 396 g/mol. The van der Waals surface area contributed by atoms with Gasteiger partial charge in [-0.05, 0) is 48.9 Å². The molecular formula is C18H21FN2O3S2. The first-order valence-electron chi connectivity index (χ1n) is 8.38. The summed E-state index contributed by atoms with van der Waals surface area (Å²) in [4.78, 5) is 12.7. The Kier molecular flexibility index (Phi) is 5.45. The van der Waals surface area contributed by atoms with Gasteiger partial charge in [0, 0.05) is 19.6 Å². The van der Waals surface area contributed by atoms with Crippen LogP contribution in [0.25, 0.3) is 0 Å². The minimum Gasteiger partial charge on any atom is -0.352 e. The van der Waals surface area contributed by atoms with Crippen molar-refractivity contribution in [1.29, 1.82) is 0 Å². The van der Waals surface area contributed by atoms with E-state index in [0.29, 0.717) is 23.6 Å². The number of carbonyl (C=O) groups is 1. The number of hydrogen-bond acceptors (Lipinski definition) is 4. The Morgan fingerprint density at radius 2 is 2.04 bits per heavy atom. The number of halogens is 1. The number of sulfonamides is 1. The molecule has 0 saturated carbocycles. The fraction of sp³-hybridized carbons (Fsp3) is 0.389. The highest BCUT2D eigenvalue weighted by molar-refractivity contribution is 7.91. The van der Waals surface area contributed by atoms with E-state index in [1.807, 2.05) is 0 Å². The number of piperidine rings is 1. The summed E-state index contributed by atoms with van der Waals surface area (Å²) >= 11 is 1.18. The first-order valence-corrected chi connectivity index (χ1v) is 10.7. The van der Waals surface area contributed by atoms with E-state index in [1.54, 1.807) is 36.6 Å². The van der Waals surface area contributed by atoms with E-state index < -0.39 is 15.4 Å². The van der Waals surface area contributed by atoms with Crippen LogP contribution in [0.4, 0.5) is 4.39 Å². The van der Waals surface area contributed by atoms with Crippen LogP contribution < -0.4 is 5.32 Å². The van der Waals surface area contributed by atoms with Gasteiger partial charge in [-0.1, -0.05) is 18.2 Å². The standard InChI is InChI=1S/C18H21FN2O3S2/c1-18(17(22)20-12-14-5-7-15(19)8-6-14)9-3-10-21(13-18)26(23,24)16-4-2-11-25-16/h2,4-8,11H,3,9-10,12-13H2,1H3,(H,20,22)/t18-/m1/s1. The molecule has 1 amide bonds. The highest BCUT2D eigenvalue weighted by atomic mass is 32.2. The van der Waals surface area contributed by atoms with Crippen molar-refractivity contribution in [3.63, 3.8) is 0 Å². The van der Waals surface area contributed by atoms with Crippen molar-refractivity contribution in [3.8, 4) is 0 Å². The Balaban J connectivity index is 1.68. The maximum atomic E-state index is 13.0. The van der Waals surface area contributed by atoms with Crippen LogP contribution >= 0.6 is 11.3 Å². The highest BCUT2D eigenvalue weighted by Crippen LogP contribution is 2.33. The van der Waals surface area contributed by atoms with Gasteiger partial charge in [-0.15, -0.1) is 11.3 Å². The summed E-state index contributed by atoms with van der Waals surface area (Å²) in [5.74, 6) is -0.512. The van der Waals surface area contributed by atoms with Crippen LogP contribution in [0.1, 0.15) is 25.3 Å². The Bertz CT molecular complexity index is 866. The number of carbonyl (C=O) groups excluding carboxylic acids is 1. The third kappa shape index (κ3) is 3.97. The summed E-state index contributed by atoms with van der Waals surface area (Å²) in [5.41, 5.74) is 0.00465. The summed E-state index contributed by atoms with van der Waals surface area (Å²) in [6.45, 7) is 2.65. The van der Waals surface area contributed by atoms with Gasteiger partial charge in [0.15, 0.2) is 0 Å². The fourth-order valence-corrected chi connectivity index (χ4v) is 5.87. The zero-order chi connectivity index (χ0) is 18.8. The second-order valence-electron chi connectivity index (χ2n) is 6.74. The lowest BCUT2D eigenvalue weighted by Gasteiger charge is -2.38. The summed E-state index contributed by atoms with van der Waals surface area (Å²) in [6.07, 6.45) is 1.25. The number of hydrogen-bond donors (Lipinski definition) is 1. The number of rotatable bonds is 5. The van der Waals surface area contributed by atoms with Crippen molar-refractivity contribution < 1.29 is 17.6 Å². The molecule has 1 saturated heterocycles. The zero-order valence-corrected chi connectivity index (χ0v) is 16.1. The number of nitrogens with zero attached hydrogens (tertiary/aromatic N) is 1. The molecule has 1 aromatic carbocycles. The summed E-state index contributed by atoms with van der Waals surface area (Å²) in [7, 11) is -3.56. The fourth-order valence-electron chi connectivity index (χ4n) is 3.12. The molecule has 0 aliphatic carbocycles. The molecule has 3 rings (SSSR count). The quantitative estimate of drug-likeness (QED) is 0.845. The van der Waals surface area contributed by atoms with Gasteiger partial charge < -0.3 is 5.32 Å². The molecule has 0 radical (unpaired) electrons. The lowest BCUT2D eigenvalue weighted by atomic mass is 9.82. The van der Waals surface area contributed by atoms with E-state index in [4.69, 9.17) is 0 Å². The molecule has 1 aromatic heterocycles. The maximum Gasteiger partial charge on any atom is 0.252 e. The van der Waals surface area contributed by atoms with E-state index in [2.05, 4.69) is 5.32 Å². The highest BCUT2D eigenvalue weighted by Gasteiger charge is 2.42. The third-order valence-corrected chi connectivity index (χ3v) is 7.88. The summed E-state index contributed by atoms with van der Waals surface area (Å²) < 4.78 is 40.1. The van der Waals surface area contributed by atoms with Crippen LogP contribution in [0.2, 0.25) is 0 Å². The normalized spacial score (nSPS) is 21.5. The summed E-state index contributed by atoms with van der Waals surface area (Å²) in [6, 6.07) is 9.22. The van der Waals surface area contributed by atoms with Crippen LogP contribution in [-0.2, 0) is 21.4 Å². The van der Waals surface area contributed by atoms with Crippen LogP contribution in [0.3, 0.4) is 0 Å². The molecule has 0 unspecified atom stereocenters. The molecule has 5 nitrogen and oxygen atoms in total. The number of nitrogens with one attached hydrogen (secondary N) is 1. The van der Waals surface area contributed by atoms with Gasteiger partial charge in [0.25, 0.3) is 10.0 Å². The molecule has 2 heterocycles. The maximum absolute atomic E-state index is 13.0. The van der Waals surface area contributed by atoms with Gasteiger partial charge >= 0.3 is 0 Å². The molecule has 1 N–H and O–H groups in total. The molecule has 0 spiro atoms. The second kappa shape index (κ2) is 7.46.